The van der Waals surface area contributed by atoms with Gasteiger partial charge in [0, 0.05) is 30.5 Å². The molecule has 2 aromatic rings. The zero-order chi connectivity index (χ0) is 18.9. The van der Waals surface area contributed by atoms with Gasteiger partial charge in [0.25, 0.3) is 0 Å². The van der Waals surface area contributed by atoms with Gasteiger partial charge in [-0.3, -0.25) is 0 Å². The van der Waals surface area contributed by atoms with Gasteiger partial charge in [-0.2, -0.15) is 0 Å². The number of amides is 1. The molecule has 0 spiro atoms. The van der Waals surface area contributed by atoms with Gasteiger partial charge in [-0.25, -0.2) is 4.79 Å². The highest BCUT2D eigenvalue weighted by atomic mass is 16.6. The van der Waals surface area contributed by atoms with Crippen LogP contribution in [0.3, 0.4) is 0 Å². The molecule has 4 rings (SSSR count). The van der Waals surface area contributed by atoms with Crippen LogP contribution in [0.2, 0.25) is 0 Å². The van der Waals surface area contributed by atoms with Gasteiger partial charge in [0.2, 0.25) is 0 Å². The van der Waals surface area contributed by atoms with Crippen LogP contribution in [0.4, 0.5) is 4.79 Å². The molecule has 2 aliphatic heterocycles. The molecule has 2 aliphatic rings. The standard InChI is InChI=1S/C23H23NO3/c1-2-17-9-6-10-19(13-17)23(26)14-20-11-12-21(15-23)24(20)22(25)27-16-18-7-4-3-5-8-18/h1,3-10,13,20-21,26H,11-12,14-16H2. The van der Waals surface area contributed by atoms with Crippen LogP contribution in [-0.2, 0) is 16.9 Å². The average Bonchev–Trinajstić information content (AvgIpc) is 2.99. The Bertz CT molecular complexity index is 857. The lowest BCUT2D eigenvalue weighted by atomic mass is 9.80. The van der Waals surface area contributed by atoms with Crippen molar-refractivity contribution in [2.45, 2.75) is 50.0 Å². The van der Waals surface area contributed by atoms with Gasteiger partial charge in [0.05, 0.1) is 5.60 Å². The summed E-state index contributed by atoms with van der Waals surface area (Å²) in [6.45, 7) is 0.268. The van der Waals surface area contributed by atoms with Crippen LogP contribution in [0.15, 0.2) is 54.6 Å². The Morgan fingerprint density at radius 3 is 2.52 bits per heavy atom. The molecular weight excluding hydrogens is 338 g/mol. The number of aliphatic hydroxyl groups is 1. The first-order chi connectivity index (χ1) is 13.1. The second-order valence-corrected chi connectivity index (χ2v) is 7.50. The minimum Gasteiger partial charge on any atom is -0.445 e. The van der Waals surface area contributed by atoms with Gasteiger partial charge < -0.3 is 14.7 Å². The van der Waals surface area contributed by atoms with Crippen molar-refractivity contribution in [1.29, 1.82) is 0 Å². The summed E-state index contributed by atoms with van der Waals surface area (Å²) < 4.78 is 5.54. The zero-order valence-corrected chi connectivity index (χ0v) is 15.2. The zero-order valence-electron chi connectivity index (χ0n) is 15.2. The fourth-order valence-electron chi connectivity index (χ4n) is 4.45. The molecule has 1 N–H and O–H groups in total. The van der Waals surface area contributed by atoms with E-state index < -0.39 is 5.60 Å². The number of carbonyl (C=O) groups is 1. The van der Waals surface area contributed by atoms with Crippen molar-refractivity contribution in [3.05, 3.63) is 71.3 Å². The van der Waals surface area contributed by atoms with Gasteiger partial charge in [0.1, 0.15) is 6.61 Å². The van der Waals surface area contributed by atoms with E-state index in [4.69, 9.17) is 11.2 Å². The summed E-state index contributed by atoms with van der Waals surface area (Å²) in [4.78, 5) is 14.5. The van der Waals surface area contributed by atoms with Gasteiger partial charge in [-0.1, -0.05) is 48.4 Å². The maximum absolute atomic E-state index is 12.7. The molecule has 2 saturated heterocycles. The van der Waals surface area contributed by atoms with Crippen LogP contribution in [0.25, 0.3) is 0 Å². The van der Waals surface area contributed by atoms with E-state index in [1.54, 1.807) is 0 Å². The number of ether oxygens (including phenoxy) is 1. The maximum atomic E-state index is 12.7. The third kappa shape index (κ3) is 3.43. The van der Waals surface area contributed by atoms with Crippen molar-refractivity contribution in [1.82, 2.24) is 4.90 Å². The number of hydrogen-bond donors (Lipinski definition) is 1. The fraction of sp³-hybridized carbons (Fsp3) is 0.348. The van der Waals surface area contributed by atoms with Crippen LogP contribution in [-0.4, -0.2) is 28.2 Å². The molecule has 2 heterocycles. The first-order valence-electron chi connectivity index (χ1n) is 9.37. The van der Waals surface area contributed by atoms with E-state index in [2.05, 4.69) is 5.92 Å². The van der Waals surface area contributed by atoms with Crippen molar-refractivity contribution in [3.63, 3.8) is 0 Å². The van der Waals surface area contributed by atoms with Crippen molar-refractivity contribution < 1.29 is 14.6 Å². The Labute approximate surface area is 159 Å². The highest BCUT2D eigenvalue weighted by Crippen LogP contribution is 2.46. The molecule has 4 nitrogen and oxygen atoms in total. The Morgan fingerprint density at radius 2 is 1.85 bits per heavy atom. The van der Waals surface area contributed by atoms with E-state index in [-0.39, 0.29) is 24.8 Å². The minimum atomic E-state index is -0.950. The van der Waals surface area contributed by atoms with Crippen LogP contribution in [0, 0.1) is 12.3 Å². The highest BCUT2D eigenvalue weighted by molar-refractivity contribution is 5.69. The van der Waals surface area contributed by atoms with E-state index >= 15 is 0 Å². The Hall–Kier alpha value is -2.77. The Morgan fingerprint density at radius 1 is 1.15 bits per heavy atom. The smallest absolute Gasteiger partial charge is 0.410 e. The lowest BCUT2D eigenvalue weighted by Gasteiger charge is -2.43. The molecule has 0 saturated carbocycles. The summed E-state index contributed by atoms with van der Waals surface area (Å²) in [7, 11) is 0. The van der Waals surface area contributed by atoms with Crippen molar-refractivity contribution in [2.24, 2.45) is 0 Å². The molecule has 1 amide bonds. The van der Waals surface area contributed by atoms with Crippen molar-refractivity contribution in [2.75, 3.05) is 0 Å². The first-order valence-corrected chi connectivity index (χ1v) is 9.37. The van der Waals surface area contributed by atoms with E-state index in [9.17, 15) is 9.90 Å². The fourth-order valence-corrected chi connectivity index (χ4v) is 4.45. The predicted molar refractivity (Wildman–Crippen MR) is 103 cm³/mol. The van der Waals surface area contributed by atoms with E-state index in [0.717, 1.165) is 29.5 Å². The predicted octanol–water partition coefficient (Wildman–Crippen LogP) is 3.82. The molecule has 138 valence electrons. The van der Waals surface area contributed by atoms with E-state index in [0.29, 0.717) is 12.8 Å². The number of terminal acetylenes is 1. The largest absolute Gasteiger partial charge is 0.445 e. The number of piperidine rings is 1. The molecule has 2 atom stereocenters. The monoisotopic (exact) mass is 361 g/mol. The molecular formula is C23H23NO3. The topological polar surface area (TPSA) is 49.8 Å². The van der Waals surface area contributed by atoms with Crippen LogP contribution >= 0.6 is 0 Å². The highest BCUT2D eigenvalue weighted by Gasteiger charge is 2.50. The van der Waals surface area contributed by atoms with Crippen LogP contribution in [0.5, 0.6) is 0 Å². The first kappa shape index (κ1) is 17.6. The minimum absolute atomic E-state index is 0.00786. The van der Waals surface area contributed by atoms with Gasteiger partial charge >= 0.3 is 6.09 Å². The molecule has 0 aromatic heterocycles. The average molecular weight is 361 g/mol. The summed E-state index contributed by atoms with van der Waals surface area (Å²) in [5.41, 5.74) is 1.62. The SMILES string of the molecule is C#Cc1cccc(C2(O)CC3CCC(C2)N3C(=O)OCc2ccccc2)c1. The lowest BCUT2D eigenvalue weighted by molar-refractivity contribution is -0.0537. The third-order valence-electron chi connectivity index (χ3n) is 5.75. The summed E-state index contributed by atoms with van der Waals surface area (Å²) >= 11 is 0. The Kier molecular flexibility index (Phi) is 4.63. The molecule has 2 aromatic carbocycles. The third-order valence-corrected chi connectivity index (χ3v) is 5.75. The molecule has 2 fully saturated rings. The number of nitrogens with zero attached hydrogens (tertiary/aromatic N) is 1. The van der Waals surface area contributed by atoms with Gasteiger partial charge in [-0.15, -0.1) is 6.42 Å². The lowest BCUT2D eigenvalue weighted by Crippen LogP contribution is -2.52. The summed E-state index contributed by atoms with van der Waals surface area (Å²) in [5.74, 6) is 2.63. The number of benzene rings is 2. The second kappa shape index (κ2) is 7.09. The molecule has 27 heavy (non-hydrogen) atoms. The van der Waals surface area contributed by atoms with Crippen LogP contribution < -0.4 is 0 Å². The van der Waals surface area contributed by atoms with Crippen molar-refractivity contribution >= 4 is 6.09 Å². The van der Waals surface area contributed by atoms with Gasteiger partial charge in [-0.05, 0) is 36.1 Å². The van der Waals surface area contributed by atoms with Crippen LogP contribution in [0.1, 0.15) is 42.4 Å². The molecule has 2 bridgehead atoms. The number of fused-ring (bicyclic) bond motifs is 2. The Balaban J connectivity index is 1.47. The van der Waals surface area contributed by atoms with Gasteiger partial charge in [0.15, 0.2) is 0 Å². The molecule has 0 radical (unpaired) electrons. The summed E-state index contributed by atoms with van der Waals surface area (Å²) in [6, 6.07) is 17.2. The molecule has 0 aliphatic carbocycles. The summed E-state index contributed by atoms with van der Waals surface area (Å²) in [6.07, 6.45) is 8.02. The summed E-state index contributed by atoms with van der Waals surface area (Å²) in [5, 5.41) is 11.3. The van der Waals surface area contributed by atoms with E-state index in [1.165, 1.54) is 0 Å². The molecule has 2 unspecified atom stereocenters. The number of hydrogen-bond acceptors (Lipinski definition) is 3. The second-order valence-electron chi connectivity index (χ2n) is 7.50. The van der Waals surface area contributed by atoms with Crippen molar-refractivity contribution in [3.8, 4) is 12.3 Å². The van der Waals surface area contributed by atoms with E-state index in [1.807, 2.05) is 59.5 Å². The quantitative estimate of drug-likeness (QED) is 0.846. The normalized spacial score (nSPS) is 26.4. The molecule has 4 heteroatoms. The number of rotatable bonds is 3. The maximum Gasteiger partial charge on any atom is 0.410 e. The number of carbonyl (C=O) groups excluding carboxylic acids is 1.